The number of hydrogen-bond donors (Lipinski definition) is 0. The third-order valence-electron chi connectivity index (χ3n) is 11.6. The van der Waals surface area contributed by atoms with Crippen LogP contribution in [0.3, 0.4) is 0 Å². The minimum Gasteiger partial charge on any atom is -0.436 e. The van der Waals surface area contributed by atoms with Gasteiger partial charge >= 0.3 is 0 Å². The van der Waals surface area contributed by atoms with Crippen molar-refractivity contribution in [3.05, 3.63) is 184 Å². The van der Waals surface area contributed by atoms with Crippen molar-refractivity contribution in [3.63, 3.8) is 0 Å². The summed E-state index contributed by atoms with van der Waals surface area (Å²) in [7, 11) is 0. The summed E-state index contributed by atoms with van der Waals surface area (Å²) in [6, 6.07) is 43.2. The van der Waals surface area contributed by atoms with Crippen molar-refractivity contribution in [2.45, 2.75) is 52.4 Å². The maximum absolute atomic E-state index is 6.42. The van der Waals surface area contributed by atoms with Crippen LogP contribution in [0.1, 0.15) is 63.8 Å². The molecule has 2 aliphatic rings. The molecule has 268 valence electrons. The first-order chi connectivity index (χ1) is 26.0. The van der Waals surface area contributed by atoms with Crippen molar-refractivity contribution >= 4 is 23.9 Å². The van der Waals surface area contributed by atoms with Gasteiger partial charge in [0.15, 0.2) is 5.42 Å². The van der Waals surface area contributed by atoms with Crippen molar-refractivity contribution in [2.24, 2.45) is 5.92 Å². The molecule has 3 heteroatoms. The molecule has 54 heavy (non-hydrogen) atoms. The van der Waals surface area contributed by atoms with Crippen molar-refractivity contribution in [2.75, 3.05) is 11.4 Å². The molecule has 5 aromatic carbocycles. The van der Waals surface area contributed by atoms with Gasteiger partial charge < -0.3 is 9.32 Å². The van der Waals surface area contributed by atoms with Crippen LogP contribution in [-0.4, -0.2) is 11.5 Å². The van der Waals surface area contributed by atoms with E-state index in [9.17, 15) is 0 Å². The average molecular weight is 705 g/mol. The van der Waals surface area contributed by atoms with Crippen molar-refractivity contribution in [1.82, 2.24) is 4.98 Å². The second-order valence-corrected chi connectivity index (χ2v) is 15.9. The normalized spacial score (nSPS) is 17.3. The molecule has 0 N–H and O–H groups in total. The number of oxazole rings is 1. The molecule has 6 aromatic rings. The molecule has 0 saturated heterocycles. The summed E-state index contributed by atoms with van der Waals surface area (Å²) in [6.07, 6.45) is 6.74. The summed E-state index contributed by atoms with van der Waals surface area (Å²) in [5, 5.41) is 0.585. The largest absolute Gasteiger partial charge is 0.436 e. The van der Waals surface area contributed by atoms with Crippen LogP contribution in [0.25, 0.3) is 51.9 Å². The summed E-state index contributed by atoms with van der Waals surface area (Å²) in [5.41, 5.74) is 16.2. The molecule has 0 amide bonds. The number of fused-ring (bicyclic) bond motifs is 4. The minimum absolute atomic E-state index is 0.0949. The van der Waals surface area contributed by atoms with E-state index >= 15 is 0 Å². The number of benzene rings is 5. The van der Waals surface area contributed by atoms with Crippen LogP contribution in [0, 0.1) is 5.92 Å². The molecule has 1 unspecified atom stereocenters. The molecule has 8 rings (SSSR count). The predicted molar refractivity (Wildman–Crippen MR) is 227 cm³/mol. The van der Waals surface area contributed by atoms with Crippen LogP contribution in [0.4, 0.5) is 5.69 Å². The lowest BCUT2D eigenvalue weighted by molar-refractivity contribution is 0.540. The Hall–Kier alpha value is -5.93. The summed E-state index contributed by atoms with van der Waals surface area (Å²) < 4.78 is 6.42. The smallest absolute Gasteiger partial charge is 0.227 e. The number of aromatic nitrogens is 1. The standard InChI is InChI=1S/C51H48N2O/c1-9-40-41-19-13-15-21-44(41)50(5,6)46(40)29-33(2)32-53(39-27-28-43-42-20-14-16-22-45(42)51(7,8)47(43)31-39)34(3)30-48-35(4)52-49(54-48)38-25-23-37(24-26-38)36-17-11-10-12-18-36/h9-31,33H,3-4,32H2,1-2,5-8H3/b40-9-,46-29+,48-30+. The van der Waals surface area contributed by atoms with Gasteiger partial charge in [-0.2, -0.15) is 0 Å². The van der Waals surface area contributed by atoms with Crippen LogP contribution < -0.4 is 15.7 Å². The molecule has 0 bridgehead atoms. The van der Waals surface area contributed by atoms with Gasteiger partial charge in [-0.3, -0.25) is 0 Å². The Balaban J connectivity index is 1.16. The zero-order chi connectivity index (χ0) is 37.8. The number of rotatable bonds is 8. The van der Waals surface area contributed by atoms with Gasteiger partial charge in [0, 0.05) is 40.4 Å². The topological polar surface area (TPSA) is 29.3 Å². The third-order valence-corrected chi connectivity index (χ3v) is 11.6. The van der Waals surface area contributed by atoms with Gasteiger partial charge in [-0.25, -0.2) is 4.98 Å². The van der Waals surface area contributed by atoms with Gasteiger partial charge in [-0.05, 0) is 92.8 Å². The Kier molecular flexibility index (Phi) is 8.77. The van der Waals surface area contributed by atoms with E-state index in [-0.39, 0.29) is 16.7 Å². The molecular weight excluding hydrogens is 657 g/mol. The number of anilines is 1. The van der Waals surface area contributed by atoms with Crippen molar-refractivity contribution in [3.8, 4) is 33.7 Å². The third kappa shape index (κ3) is 5.98. The summed E-state index contributed by atoms with van der Waals surface area (Å²) in [6.45, 7) is 23.5. The number of nitrogens with zero attached hydrogens (tertiary/aromatic N) is 2. The maximum Gasteiger partial charge on any atom is 0.227 e. The Morgan fingerprint density at radius 3 is 2.02 bits per heavy atom. The van der Waals surface area contributed by atoms with E-state index in [0.29, 0.717) is 16.7 Å². The van der Waals surface area contributed by atoms with E-state index < -0.39 is 0 Å². The van der Waals surface area contributed by atoms with Gasteiger partial charge in [-0.1, -0.05) is 157 Å². The zero-order valence-corrected chi connectivity index (χ0v) is 32.3. The molecule has 0 fully saturated rings. The summed E-state index contributed by atoms with van der Waals surface area (Å²) >= 11 is 0. The molecular formula is C51H48N2O. The zero-order valence-electron chi connectivity index (χ0n) is 32.3. The van der Waals surface area contributed by atoms with E-state index in [0.717, 1.165) is 29.1 Å². The number of allylic oxidation sites excluding steroid dienone is 4. The SMILES string of the molecule is C=C(/C=c1/oc(-c2ccc(-c3ccccc3)cc2)nc1=C)N(CC(C)/C=C1\C(=C/C)c2ccccc2C1(C)C)c1ccc2c(c1)C(C)(C)c1ccccc1-2. The Bertz CT molecular complexity index is 2580. The van der Waals surface area contributed by atoms with Crippen LogP contribution >= 0.6 is 0 Å². The molecule has 0 aliphatic heterocycles. The minimum atomic E-state index is -0.122. The molecule has 0 spiro atoms. The van der Waals surface area contributed by atoms with Crippen LogP contribution in [0.5, 0.6) is 0 Å². The van der Waals surface area contributed by atoms with E-state index in [1.54, 1.807) is 0 Å². The quantitative estimate of drug-likeness (QED) is 0.158. The van der Waals surface area contributed by atoms with E-state index in [2.05, 4.69) is 187 Å². The first-order valence-electron chi connectivity index (χ1n) is 19.0. The van der Waals surface area contributed by atoms with Gasteiger partial charge in [0.2, 0.25) is 5.89 Å². The highest BCUT2D eigenvalue weighted by atomic mass is 16.3. The van der Waals surface area contributed by atoms with E-state index in [1.807, 2.05) is 12.1 Å². The van der Waals surface area contributed by atoms with E-state index in [1.165, 1.54) is 50.1 Å². The van der Waals surface area contributed by atoms with Crippen LogP contribution in [0.15, 0.2) is 156 Å². The van der Waals surface area contributed by atoms with Crippen LogP contribution in [0.2, 0.25) is 0 Å². The molecule has 1 aromatic heterocycles. The highest BCUT2D eigenvalue weighted by Crippen LogP contribution is 2.51. The van der Waals surface area contributed by atoms with Gasteiger partial charge in [0.25, 0.3) is 0 Å². The van der Waals surface area contributed by atoms with Crippen molar-refractivity contribution < 1.29 is 4.42 Å². The lowest BCUT2D eigenvalue weighted by Crippen LogP contribution is -2.29. The highest BCUT2D eigenvalue weighted by Gasteiger charge is 2.38. The lowest BCUT2D eigenvalue weighted by atomic mass is 9.80. The lowest BCUT2D eigenvalue weighted by Gasteiger charge is -2.30. The maximum atomic E-state index is 6.42. The fourth-order valence-electron chi connectivity index (χ4n) is 8.64. The van der Waals surface area contributed by atoms with Gasteiger partial charge in [0.1, 0.15) is 5.35 Å². The average Bonchev–Trinajstić information content (AvgIpc) is 3.74. The molecule has 2 aliphatic carbocycles. The second kappa shape index (κ2) is 13.5. The monoisotopic (exact) mass is 704 g/mol. The molecule has 0 saturated carbocycles. The first kappa shape index (κ1) is 35.1. The Morgan fingerprint density at radius 1 is 0.722 bits per heavy atom. The van der Waals surface area contributed by atoms with Crippen molar-refractivity contribution in [1.29, 1.82) is 0 Å². The van der Waals surface area contributed by atoms with Crippen LogP contribution in [-0.2, 0) is 10.8 Å². The fourth-order valence-corrected chi connectivity index (χ4v) is 8.64. The molecule has 1 atom stereocenters. The Morgan fingerprint density at radius 2 is 1.31 bits per heavy atom. The fraction of sp³-hybridized carbons (Fsp3) is 0.196. The molecule has 0 radical (unpaired) electrons. The second-order valence-electron chi connectivity index (χ2n) is 15.9. The summed E-state index contributed by atoms with van der Waals surface area (Å²) in [5.74, 6) is 0.738. The summed E-state index contributed by atoms with van der Waals surface area (Å²) in [4.78, 5) is 7.09. The van der Waals surface area contributed by atoms with E-state index in [4.69, 9.17) is 9.40 Å². The molecule has 3 nitrogen and oxygen atoms in total. The number of hydrogen-bond acceptors (Lipinski definition) is 3. The van der Waals surface area contributed by atoms with Gasteiger partial charge in [0.05, 0.1) is 0 Å². The van der Waals surface area contributed by atoms with Gasteiger partial charge in [-0.15, -0.1) is 0 Å². The molecule has 1 heterocycles. The predicted octanol–water partition coefficient (Wildman–Crippen LogP) is 11.5. The highest BCUT2D eigenvalue weighted by molar-refractivity contribution is 5.89. The Labute approximate surface area is 320 Å². The first-order valence-corrected chi connectivity index (χ1v) is 19.0.